The predicted octanol–water partition coefficient (Wildman–Crippen LogP) is 2.52. The van der Waals surface area contributed by atoms with Gasteiger partial charge in [-0.2, -0.15) is 0 Å². The molecule has 2 aromatic rings. The van der Waals surface area contributed by atoms with E-state index >= 15 is 0 Å². The van der Waals surface area contributed by atoms with Gasteiger partial charge in [-0.25, -0.2) is 0 Å². The highest BCUT2D eigenvalue weighted by molar-refractivity contribution is 6.08. The van der Waals surface area contributed by atoms with E-state index in [1.54, 1.807) is 6.07 Å². The number of nitro groups is 1. The number of carbonyl (C=O) groups excluding carboxylic acids is 1. The molecule has 2 aromatic carbocycles. The summed E-state index contributed by atoms with van der Waals surface area (Å²) in [5, 5.41) is 14.2. The van der Waals surface area contributed by atoms with Crippen LogP contribution in [0, 0.1) is 10.1 Å². The van der Waals surface area contributed by atoms with E-state index in [2.05, 4.69) is 10.2 Å². The average Bonchev–Trinajstić information content (AvgIpc) is 2.80. The third kappa shape index (κ3) is 4.52. The number of nitrogens with zero attached hydrogens (tertiary/aromatic N) is 3. The van der Waals surface area contributed by atoms with Crippen LogP contribution in [-0.4, -0.2) is 63.4 Å². The lowest BCUT2D eigenvalue weighted by molar-refractivity contribution is -0.384. The van der Waals surface area contributed by atoms with E-state index in [1.807, 2.05) is 29.2 Å². The van der Waals surface area contributed by atoms with Gasteiger partial charge in [0, 0.05) is 49.7 Å². The van der Waals surface area contributed by atoms with Gasteiger partial charge in [-0.05, 0) is 24.3 Å². The van der Waals surface area contributed by atoms with Crippen LogP contribution in [0.1, 0.15) is 10.4 Å². The second kappa shape index (κ2) is 9.10. The Hall–Kier alpha value is -3.17. The second-order valence-corrected chi connectivity index (χ2v) is 7.16. The molecule has 4 rings (SSSR count). The number of non-ortho nitro benzene ring substituents is 1. The number of amides is 1. The molecule has 30 heavy (non-hydrogen) atoms. The fourth-order valence-corrected chi connectivity index (χ4v) is 3.70. The van der Waals surface area contributed by atoms with Crippen molar-refractivity contribution in [3.8, 4) is 0 Å². The zero-order valence-corrected chi connectivity index (χ0v) is 16.6. The lowest BCUT2D eigenvalue weighted by atomic mass is 10.1. The Labute approximate surface area is 174 Å². The molecule has 0 unspecified atom stereocenters. The summed E-state index contributed by atoms with van der Waals surface area (Å²) in [6.45, 7) is 5.31. The number of anilines is 3. The lowest BCUT2D eigenvalue weighted by Gasteiger charge is -2.30. The summed E-state index contributed by atoms with van der Waals surface area (Å²) in [7, 11) is 0. The number of nitrogens with one attached hydrogen (secondary N) is 1. The van der Waals surface area contributed by atoms with Crippen LogP contribution in [0.15, 0.2) is 42.5 Å². The smallest absolute Gasteiger partial charge is 0.270 e. The largest absolute Gasteiger partial charge is 0.378 e. The second-order valence-electron chi connectivity index (χ2n) is 7.16. The van der Waals surface area contributed by atoms with Crippen LogP contribution in [0.25, 0.3) is 0 Å². The maximum atomic E-state index is 13.1. The third-order valence-corrected chi connectivity index (χ3v) is 5.27. The number of morpholine rings is 2. The fraction of sp³-hybridized carbons (Fsp3) is 0.381. The van der Waals surface area contributed by atoms with Crippen molar-refractivity contribution >= 4 is 28.7 Å². The van der Waals surface area contributed by atoms with Crippen molar-refractivity contribution in [3.63, 3.8) is 0 Å². The predicted molar refractivity (Wildman–Crippen MR) is 114 cm³/mol. The van der Waals surface area contributed by atoms with Crippen LogP contribution >= 0.6 is 0 Å². The van der Waals surface area contributed by atoms with E-state index in [1.165, 1.54) is 12.1 Å². The summed E-state index contributed by atoms with van der Waals surface area (Å²) in [6.07, 6.45) is 0. The lowest BCUT2D eigenvalue weighted by Crippen LogP contribution is -2.37. The minimum atomic E-state index is -0.487. The molecule has 1 N–H and O–H groups in total. The first-order valence-electron chi connectivity index (χ1n) is 9.97. The van der Waals surface area contributed by atoms with Crippen molar-refractivity contribution in [2.45, 2.75) is 0 Å². The molecule has 0 aromatic heterocycles. The topological polar surface area (TPSA) is 97.2 Å². The minimum Gasteiger partial charge on any atom is -0.378 e. The molecule has 0 aliphatic carbocycles. The number of hydrogen-bond acceptors (Lipinski definition) is 7. The number of benzene rings is 2. The van der Waals surface area contributed by atoms with Crippen LogP contribution in [-0.2, 0) is 9.47 Å². The summed E-state index contributed by atoms with van der Waals surface area (Å²) in [5.41, 5.74) is 2.49. The van der Waals surface area contributed by atoms with Gasteiger partial charge in [0.1, 0.15) is 0 Å². The van der Waals surface area contributed by atoms with Gasteiger partial charge in [0.25, 0.3) is 11.6 Å². The van der Waals surface area contributed by atoms with Crippen molar-refractivity contribution in [2.24, 2.45) is 0 Å². The van der Waals surface area contributed by atoms with Crippen molar-refractivity contribution in [1.29, 1.82) is 0 Å². The zero-order valence-electron chi connectivity index (χ0n) is 16.6. The molecule has 0 radical (unpaired) electrons. The molecule has 2 aliphatic rings. The van der Waals surface area contributed by atoms with E-state index < -0.39 is 4.92 Å². The molecular weight excluding hydrogens is 388 g/mol. The van der Waals surface area contributed by atoms with Crippen LogP contribution < -0.4 is 15.1 Å². The summed E-state index contributed by atoms with van der Waals surface area (Å²) in [6, 6.07) is 12.0. The van der Waals surface area contributed by atoms with E-state index in [9.17, 15) is 14.9 Å². The van der Waals surface area contributed by atoms with E-state index in [4.69, 9.17) is 9.47 Å². The summed E-state index contributed by atoms with van der Waals surface area (Å²) >= 11 is 0. The Balaban J connectivity index is 1.59. The molecule has 2 saturated heterocycles. The van der Waals surface area contributed by atoms with Gasteiger partial charge in [0.15, 0.2) is 0 Å². The Bertz CT molecular complexity index is 923. The number of hydrogen-bond donors (Lipinski definition) is 1. The maximum absolute atomic E-state index is 13.1. The quantitative estimate of drug-likeness (QED) is 0.595. The number of ether oxygens (including phenoxy) is 2. The Morgan fingerprint density at radius 2 is 1.60 bits per heavy atom. The Morgan fingerprint density at radius 1 is 0.933 bits per heavy atom. The van der Waals surface area contributed by atoms with Crippen molar-refractivity contribution in [3.05, 3.63) is 58.1 Å². The van der Waals surface area contributed by atoms with Crippen molar-refractivity contribution in [1.82, 2.24) is 0 Å². The molecule has 2 aliphatic heterocycles. The van der Waals surface area contributed by atoms with Crippen molar-refractivity contribution < 1.29 is 19.2 Å². The molecule has 0 bridgehead atoms. The first-order valence-corrected chi connectivity index (χ1v) is 9.97. The minimum absolute atomic E-state index is 0.112. The van der Waals surface area contributed by atoms with E-state index in [-0.39, 0.29) is 17.2 Å². The normalized spacial score (nSPS) is 16.9. The first-order chi connectivity index (χ1) is 14.6. The third-order valence-electron chi connectivity index (χ3n) is 5.27. The Morgan fingerprint density at radius 3 is 2.27 bits per heavy atom. The maximum Gasteiger partial charge on any atom is 0.270 e. The highest BCUT2D eigenvalue weighted by atomic mass is 16.6. The van der Waals surface area contributed by atoms with Gasteiger partial charge >= 0.3 is 0 Å². The summed E-state index contributed by atoms with van der Waals surface area (Å²) in [5.74, 6) is -0.376. The molecule has 0 atom stereocenters. The van der Waals surface area contributed by atoms with Gasteiger partial charge in [-0.1, -0.05) is 6.07 Å². The zero-order chi connectivity index (χ0) is 20.9. The monoisotopic (exact) mass is 412 g/mol. The molecule has 9 nitrogen and oxygen atoms in total. The molecule has 1 amide bonds. The summed E-state index contributed by atoms with van der Waals surface area (Å²) < 4.78 is 10.8. The van der Waals surface area contributed by atoms with Crippen LogP contribution in [0.5, 0.6) is 0 Å². The summed E-state index contributed by atoms with van der Waals surface area (Å²) in [4.78, 5) is 28.1. The van der Waals surface area contributed by atoms with Gasteiger partial charge in [0.05, 0.1) is 42.6 Å². The van der Waals surface area contributed by atoms with Crippen LogP contribution in [0.2, 0.25) is 0 Å². The van der Waals surface area contributed by atoms with E-state index in [0.29, 0.717) is 50.9 Å². The molecule has 0 saturated carbocycles. The first kappa shape index (κ1) is 20.1. The fourth-order valence-electron chi connectivity index (χ4n) is 3.70. The van der Waals surface area contributed by atoms with Crippen LogP contribution in [0.3, 0.4) is 0 Å². The average molecular weight is 412 g/mol. The Kier molecular flexibility index (Phi) is 6.10. The van der Waals surface area contributed by atoms with Gasteiger partial charge in [0.2, 0.25) is 0 Å². The number of nitro benzene ring substituents is 1. The molecule has 0 spiro atoms. The standard InChI is InChI=1S/C21H24N4O5/c26-21(22-16-2-1-3-17(14-16)23-6-10-29-11-7-23)19-15-18(25(27)28)4-5-20(19)24-8-12-30-13-9-24/h1-5,14-15H,6-13H2,(H,22,26). The van der Waals surface area contributed by atoms with Crippen molar-refractivity contribution in [2.75, 3.05) is 67.7 Å². The van der Waals surface area contributed by atoms with Crippen LogP contribution in [0.4, 0.5) is 22.7 Å². The molecule has 158 valence electrons. The highest BCUT2D eigenvalue weighted by Crippen LogP contribution is 2.28. The van der Waals surface area contributed by atoms with Gasteiger partial charge in [-0.15, -0.1) is 0 Å². The SMILES string of the molecule is O=C(Nc1cccc(N2CCOCC2)c1)c1cc([N+](=O)[O-])ccc1N1CCOCC1. The molecular formula is C21H24N4O5. The van der Waals surface area contributed by atoms with Gasteiger partial charge in [-0.3, -0.25) is 14.9 Å². The number of carbonyl (C=O) groups is 1. The molecule has 9 heteroatoms. The van der Waals surface area contributed by atoms with Gasteiger partial charge < -0.3 is 24.6 Å². The number of rotatable bonds is 5. The van der Waals surface area contributed by atoms with E-state index in [0.717, 1.165) is 18.8 Å². The molecule has 2 heterocycles. The molecule has 2 fully saturated rings. The highest BCUT2D eigenvalue weighted by Gasteiger charge is 2.22.